The van der Waals surface area contributed by atoms with E-state index in [1.165, 1.54) is 17.0 Å². The van der Waals surface area contributed by atoms with Crippen LogP contribution in [0.15, 0.2) is 36.4 Å². The highest BCUT2D eigenvalue weighted by molar-refractivity contribution is 5.93. The zero-order valence-corrected chi connectivity index (χ0v) is 15.3. The first-order valence-corrected chi connectivity index (χ1v) is 9.23. The lowest BCUT2D eigenvalue weighted by molar-refractivity contribution is -0.169. The molecule has 0 amide bonds. The monoisotopic (exact) mass is 389 g/mol. The molecule has 0 unspecified atom stereocenters. The standard InChI is InChI=1S/C21H19F4N3/c1-13(21(23,24)25)27-9-3-2-4-19(27)20-17(11-26)16-10-15(22)7-8-18(16)28(20)12-14-5-6-14/h2-4,7-8,10,13-14H,5-6,9,12H2,1H3/t13-/m0/s1. The number of halogens is 4. The van der Waals surface area contributed by atoms with E-state index < -0.39 is 18.0 Å². The molecule has 1 aliphatic carbocycles. The molecule has 1 fully saturated rings. The largest absolute Gasteiger partial charge is 0.408 e. The molecule has 0 radical (unpaired) electrons. The van der Waals surface area contributed by atoms with E-state index in [1.807, 2.05) is 4.57 Å². The van der Waals surface area contributed by atoms with Gasteiger partial charge in [-0.2, -0.15) is 18.4 Å². The van der Waals surface area contributed by atoms with Gasteiger partial charge in [0.05, 0.1) is 22.5 Å². The lowest BCUT2D eigenvalue weighted by atomic mass is 10.1. The van der Waals surface area contributed by atoms with Crippen molar-refractivity contribution in [3.05, 3.63) is 53.5 Å². The van der Waals surface area contributed by atoms with Crippen LogP contribution in [0.5, 0.6) is 0 Å². The number of hydrogen-bond donors (Lipinski definition) is 0. The van der Waals surface area contributed by atoms with Crippen LogP contribution in [-0.4, -0.2) is 28.2 Å². The molecular weight excluding hydrogens is 370 g/mol. The maximum absolute atomic E-state index is 13.9. The van der Waals surface area contributed by atoms with Crippen LogP contribution in [0.2, 0.25) is 0 Å². The lowest BCUT2D eigenvalue weighted by Gasteiger charge is -2.35. The summed E-state index contributed by atoms with van der Waals surface area (Å²) in [5.41, 5.74) is 1.68. The lowest BCUT2D eigenvalue weighted by Crippen LogP contribution is -2.43. The van der Waals surface area contributed by atoms with Gasteiger partial charge >= 0.3 is 6.18 Å². The first-order valence-electron chi connectivity index (χ1n) is 9.23. The smallest absolute Gasteiger partial charge is 0.354 e. The highest BCUT2D eigenvalue weighted by Gasteiger charge is 2.42. The van der Waals surface area contributed by atoms with E-state index in [0.29, 0.717) is 34.8 Å². The summed E-state index contributed by atoms with van der Waals surface area (Å²) in [4.78, 5) is 1.26. The Morgan fingerprint density at radius 2 is 2.04 bits per heavy atom. The predicted molar refractivity (Wildman–Crippen MR) is 98.7 cm³/mol. The van der Waals surface area contributed by atoms with Crippen molar-refractivity contribution in [3.8, 4) is 6.07 Å². The van der Waals surface area contributed by atoms with Crippen molar-refractivity contribution in [2.75, 3.05) is 6.54 Å². The number of fused-ring (bicyclic) bond motifs is 1. The summed E-state index contributed by atoms with van der Waals surface area (Å²) in [5, 5.41) is 10.3. The van der Waals surface area contributed by atoms with E-state index >= 15 is 0 Å². The van der Waals surface area contributed by atoms with Crippen LogP contribution >= 0.6 is 0 Å². The number of nitrogens with zero attached hydrogens (tertiary/aromatic N) is 3. The molecule has 1 aromatic heterocycles. The van der Waals surface area contributed by atoms with Gasteiger partial charge in [-0.15, -0.1) is 0 Å². The molecule has 1 aromatic carbocycles. The minimum absolute atomic E-state index is 0.0939. The maximum Gasteiger partial charge on any atom is 0.408 e. The molecule has 1 atom stereocenters. The average Bonchev–Trinajstić information content (AvgIpc) is 3.42. The Morgan fingerprint density at radius 1 is 1.29 bits per heavy atom. The summed E-state index contributed by atoms with van der Waals surface area (Å²) in [6, 6.07) is 4.62. The second-order valence-electron chi connectivity index (χ2n) is 7.40. The molecule has 0 saturated heterocycles. The third kappa shape index (κ3) is 3.17. The van der Waals surface area contributed by atoms with Gasteiger partial charge < -0.3 is 9.47 Å². The molecule has 0 bridgehead atoms. The second kappa shape index (κ2) is 6.69. The number of allylic oxidation sites excluding steroid dienone is 2. The van der Waals surface area contributed by atoms with E-state index in [4.69, 9.17) is 0 Å². The molecule has 2 aliphatic rings. The van der Waals surface area contributed by atoms with Gasteiger partial charge in [-0.05, 0) is 50.0 Å². The molecule has 2 aromatic rings. The molecule has 28 heavy (non-hydrogen) atoms. The van der Waals surface area contributed by atoms with Crippen LogP contribution in [0.3, 0.4) is 0 Å². The van der Waals surface area contributed by atoms with E-state index in [-0.39, 0.29) is 12.1 Å². The fraction of sp³-hybridized carbons (Fsp3) is 0.381. The van der Waals surface area contributed by atoms with Crippen LogP contribution in [0.1, 0.15) is 31.0 Å². The fourth-order valence-electron chi connectivity index (χ4n) is 3.74. The van der Waals surface area contributed by atoms with Gasteiger partial charge in [0.1, 0.15) is 17.9 Å². The second-order valence-corrected chi connectivity index (χ2v) is 7.40. The first-order chi connectivity index (χ1) is 13.3. The number of rotatable bonds is 4. The van der Waals surface area contributed by atoms with Crippen molar-refractivity contribution in [1.82, 2.24) is 9.47 Å². The quantitative estimate of drug-likeness (QED) is 0.671. The van der Waals surface area contributed by atoms with E-state index in [2.05, 4.69) is 6.07 Å². The Kier molecular flexibility index (Phi) is 4.45. The predicted octanol–water partition coefficient (Wildman–Crippen LogP) is 5.23. The third-order valence-corrected chi connectivity index (χ3v) is 5.46. The van der Waals surface area contributed by atoms with Gasteiger partial charge in [0.2, 0.25) is 0 Å². The van der Waals surface area contributed by atoms with Gasteiger partial charge in [0.25, 0.3) is 0 Å². The minimum atomic E-state index is -4.41. The molecule has 7 heteroatoms. The van der Waals surface area contributed by atoms with Crippen molar-refractivity contribution in [3.63, 3.8) is 0 Å². The van der Waals surface area contributed by atoms with E-state index in [9.17, 15) is 22.8 Å². The highest BCUT2D eigenvalue weighted by atomic mass is 19.4. The normalized spacial score (nSPS) is 18.3. The number of hydrogen-bond acceptors (Lipinski definition) is 2. The SMILES string of the molecule is C[C@H](N1CC=CC=C1c1c(C#N)c2cc(F)ccc2n1CC1CC1)C(F)(F)F. The van der Waals surface area contributed by atoms with E-state index in [0.717, 1.165) is 19.8 Å². The molecule has 1 aliphatic heterocycles. The Bertz CT molecular complexity index is 1020. The van der Waals surface area contributed by atoms with Gasteiger partial charge in [-0.1, -0.05) is 12.2 Å². The zero-order chi connectivity index (χ0) is 20.1. The fourth-order valence-corrected chi connectivity index (χ4v) is 3.74. The van der Waals surface area contributed by atoms with Crippen molar-refractivity contribution in [2.24, 2.45) is 5.92 Å². The minimum Gasteiger partial charge on any atom is -0.354 e. The van der Waals surface area contributed by atoms with Gasteiger partial charge in [-0.25, -0.2) is 4.39 Å². The van der Waals surface area contributed by atoms with Crippen LogP contribution in [0.25, 0.3) is 16.6 Å². The van der Waals surface area contributed by atoms with Crippen LogP contribution in [0, 0.1) is 23.1 Å². The molecule has 0 spiro atoms. The summed E-state index contributed by atoms with van der Waals surface area (Å²) in [7, 11) is 0. The first kappa shape index (κ1) is 18.6. The zero-order valence-electron chi connectivity index (χ0n) is 15.3. The molecule has 0 N–H and O–H groups in total. The molecule has 146 valence electrons. The summed E-state index contributed by atoms with van der Waals surface area (Å²) >= 11 is 0. The summed E-state index contributed by atoms with van der Waals surface area (Å²) < 4.78 is 56.2. The van der Waals surface area contributed by atoms with Gasteiger partial charge in [-0.3, -0.25) is 0 Å². The number of alkyl halides is 3. The van der Waals surface area contributed by atoms with Crippen molar-refractivity contribution in [2.45, 2.75) is 38.5 Å². The maximum atomic E-state index is 13.9. The third-order valence-electron chi connectivity index (χ3n) is 5.46. The van der Waals surface area contributed by atoms with Crippen molar-refractivity contribution < 1.29 is 17.6 Å². The molecule has 2 heterocycles. The van der Waals surface area contributed by atoms with E-state index in [1.54, 1.807) is 24.3 Å². The Balaban J connectivity index is 1.94. The van der Waals surface area contributed by atoms with Crippen LogP contribution in [-0.2, 0) is 6.54 Å². The highest BCUT2D eigenvalue weighted by Crippen LogP contribution is 2.40. The number of nitriles is 1. The summed E-state index contributed by atoms with van der Waals surface area (Å²) in [6.45, 7) is 1.82. The summed E-state index contributed by atoms with van der Waals surface area (Å²) in [6.07, 6.45) is 2.66. The topological polar surface area (TPSA) is 32.0 Å². The number of aromatic nitrogens is 1. The molecular formula is C21H19F4N3. The number of benzene rings is 1. The van der Waals surface area contributed by atoms with Gasteiger partial charge in [0.15, 0.2) is 0 Å². The van der Waals surface area contributed by atoms with Crippen LogP contribution in [0.4, 0.5) is 17.6 Å². The van der Waals surface area contributed by atoms with Gasteiger partial charge in [0, 0.05) is 18.5 Å². The average molecular weight is 389 g/mol. The van der Waals surface area contributed by atoms with Crippen molar-refractivity contribution in [1.29, 1.82) is 5.26 Å². The Labute approximate surface area is 160 Å². The molecule has 3 nitrogen and oxygen atoms in total. The molecule has 4 rings (SSSR count). The Hall–Kier alpha value is -2.75. The summed E-state index contributed by atoms with van der Waals surface area (Å²) in [5.74, 6) is -0.0451. The van der Waals surface area contributed by atoms with Crippen LogP contribution < -0.4 is 0 Å². The molecule has 1 saturated carbocycles. The van der Waals surface area contributed by atoms with Crippen molar-refractivity contribution >= 4 is 16.6 Å². The Morgan fingerprint density at radius 3 is 2.68 bits per heavy atom.